The van der Waals surface area contributed by atoms with E-state index in [1.54, 1.807) is 6.07 Å². The average Bonchev–Trinajstić information content (AvgIpc) is 2.26. The number of aliphatic hydroxyl groups excluding tert-OH is 1. The van der Waals surface area contributed by atoms with Gasteiger partial charge in [-0.3, -0.25) is 9.69 Å². The zero-order valence-corrected chi connectivity index (χ0v) is 11.9. The summed E-state index contributed by atoms with van der Waals surface area (Å²) in [5.74, 6) is -2.95. The summed E-state index contributed by atoms with van der Waals surface area (Å²) in [6.45, 7) is 1.23. The summed E-state index contributed by atoms with van der Waals surface area (Å²) in [6, 6.07) is 1.66. The largest absolute Gasteiger partial charge is 1.00 e. The first kappa shape index (κ1) is 15.1. The smallest absolute Gasteiger partial charge is 0.543 e. The van der Waals surface area contributed by atoms with Crippen molar-refractivity contribution in [2.45, 2.75) is 19.3 Å². The summed E-state index contributed by atoms with van der Waals surface area (Å²) >= 11 is 0. The standard InChI is InChI=1S/C10H10N2O5.Na/c1-4(13)6-8(14)12-7(10(15)16)5(2-11)3-17-9(6)12;/h4,6,9,13H,3H2,1H3,(H,15,16);/q;+1/p-1/t4-,6+,9-;/m1./s1. The second-order valence-corrected chi connectivity index (χ2v) is 3.90. The van der Waals surface area contributed by atoms with E-state index in [0.717, 1.165) is 4.90 Å². The van der Waals surface area contributed by atoms with Gasteiger partial charge in [0.2, 0.25) is 5.91 Å². The molecule has 0 aromatic rings. The van der Waals surface area contributed by atoms with Crippen LogP contribution in [-0.2, 0) is 14.3 Å². The number of nitriles is 1. The molecule has 0 unspecified atom stereocenters. The van der Waals surface area contributed by atoms with Crippen LogP contribution in [0.15, 0.2) is 11.3 Å². The number of aliphatic carboxylic acids is 1. The van der Waals surface area contributed by atoms with Crippen LogP contribution in [0.4, 0.5) is 0 Å². The van der Waals surface area contributed by atoms with Crippen molar-refractivity contribution >= 4 is 11.9 Å². The van der Waals surface area contributed by atoms with Crippen LogP contribution in [0.2, 0.25) is 0 Å². The number of carbonyl (C=O) groups is 2. The van der Waals surface area contributed by atoms with Crippen LogP contribution in [0.3, 0.4) is 0 Å². The molecular weight excluding hydrogens is 251 g/mol. The number of fused-ring (bicyclic) bond motifs is 1. The summed E-state index contributed by atoms with van der Waals surface area (Å²) in [4.78, 5) is 23.4. The van der Waals surface area contributed by atoms with Gasteiger partial charge in [-0.15, -0.1) is 0 Å². The molecule has 0 aromatic carbocycles. The van der Waals surface area contributed by atoms with E-state index in [9.17, 15) is 19.8 Å². The van der Waals surface area contributed by atoms with E-state index in [4.69, 9.17) is 10.00 Å². The van der Waals surface area contributed by atoms with Crippen molar-refractivity contribution in [3.05, 3.63) is 11.3 Å². The predicted octanol–water partition coefficient (Wildman–Crippen LogP) is -5.29. The van der Waals surface area contributed by atoms with Crippen molar-refractivity contribution in [1.82, 2.24) is 4.90 Å². The summed E-state index contributed by atoms with van der Waals surface area (Å²) in [6.07, 6.45) is -1.76. The van der Waals surface area contributed by atoms with E-state index in [1.807, 2.05) is 0 Å². The average molecular weight is 260 g/mol. The van der Waals surface area contributed by atoms with Gasteiger partial charge in [0, 0.05) is 0 Å². The topological polar surface area (TPSA) is 114 Å². The van der Waals surface area contributed by atoms with Gasteiger partial charge in [0.15, 0.2) is 6.23 Å². The molecule has 18 heavy (non-hydrogen) atoms. The summed E-state index contributed by atoms with van der Waals surface area (Å²) in [7, 11) is 0. The third-order valence-electron chi connectivity index (χ3n) is 2.86. The Kier molecular flexibility index (Phi) is 4.53. The number of rotatable bonds is 2. The van der Waals surface area contributed by atoms with Gasteiger partial charge in [-0.25, -0.2) is 0 Å². The number of ether oxygens (including phenoxy) is 1. The molecule has 2 aliphatic rings. The van der Waals surface area contributed by atoms with Crippen molar-refractivity contribution in [2.75, 3.05) is 6.61 Å². The molecule has 1 saturated heterocycles. The van der Waals surface area contributed by atoms with Crippen molar-refractivity contribution in [1.29, 1.82) is 5.26 Å². The van der Waals surface area contributed by atoms with Crippen LogP contribution in [-0.4, -0.2) is 40.8 Å². The van der Waals surface area contributed by atoms with Crippen molar-refractivity contribution in [3.8, 4) is 6.07 Å². The Balaban J connectivity index is 0.00000162. The minimum atomic E-state index is -1.59. The monoisotopic (exact) mass is 260 g/mol. The molecule has 1 N–H and O–H groups in total. The van der Waals surface area contributed by atoms with E-state index in [2.05, 4.69) is 0 Å². The van der Waals surface area contributed by atoms with Gasteiger partial charge in [-0.05, 0) is 6.92 Å². The Morgan fingerprint density at radius 3 is 2.78 bits per heavy atom. The third kappa shape index (κ3) is 2.06. The molecule has 0 aromatic heterocycles. The van der Waals surface area contributed by atoms with Crippen molar-refractivity contribution < 1.29 is 54.1 Å². The second-order valence-electron chi connectivity index (χ2n) is 3.90. The first-order valence-corrected chi connectivity index (χ1v) is 4.96. The number of hydrogen-bond acceptors (Lipinski definition) is 6. The Hall–Kier alpha value is -0.910. The molecule has 7 nitrogen and oxygen atoms in total. The second kappa shape index (κ2) is 5.38. The van der Waals surface area contributed by atoms with E-state index >= 15 is 0 Å². The van der Waals surface area contributed by atoms with E-state index < -0.39 is 35.8 Å². The van der Waals surface area contributed by atoms with Crippen molar-refractivity contribution in [2.24, 2.45) is 5.92 Å². The zero-order valence-electron chi connectivity index (χ0n) is 9.91. The number of hydrogen-bond donors (Lipinski definition) is 1. The predicted molar refractivity (Wildman–Crippen MR) is 49.4 cm³/mol. The molecular formula is C10H9N2NaO5. The quantitative estimate of drug-likeness (QED) is 0.392. The summed E-state index contributed by atoms with van der Waals surface area (Å²) < 4.78 is 5.18. The van der Waals surface area contributed by atoms with Crippen LogP contribution >= 0.6 is 0 Å². The van der Waals surface area contributed by atoms with Crippen LogP contribution in [0.25, 0.3) is 0 Å². The molecule has 0 spiro atoms. The van der Waals surface area contributed by atoms with Crippen LogP contribution in [0.5, 0.6) is 0 Å². The molecule has 90 valence electrons. The Morgan fingerprint density at radius 1 is 1.72 bits per heavy atom. The van der Waals surface area contributed by atoms with Gasteiger partial charge in [-0.1, -0.05) is 0 Å². The van der Waals surface area contributed by atoms with Gasteiger partial charge in [0.1, 0.15) is 5.92 Å². The van der Waals surface area contributed by atoms with Crippen molar-refractivity contribution in [3.63, 3.8) is 0 Å². The summed E-state index contributed by atoms with van der Waals surface area (Å²) in [5, 5.41) is 29.0. The van der Waals surface area contributed by atoms with E-state index in [-0.39, 0.29) is 41.7 Å². The molecule has 0 radical (unpaired) electrons. The number of aliphatic hydroxyl groups is 1. The molecule has 2 heterocycles. The number of carbonyl (C=O) groups excluding carboxylic acids is 2. The van der Waals surface area contributed by atoms with E-state index in [0.29, 0.717) is 0 Å². The Labute approximate surface area is 125 Å². The first-order valence-electron chi connectivity index (χ1n) is 4.96. The number of amides is 1. The van der Waals surface area contributed by atoms with Gasteiger partial charge in [0.25, 0.3) is 0 Å². The molecule has 1 fully saturated rings. The third-order valence-corrected chi connectivity index (χ3v) is 2.86. The van der Waals surface area contributed by atoms with Gasteiger partial charge >= 0.3 is 29.6 Å². The Morgan fingerprint density at radius 2 is 2.33 bits per heavy atom. The maximum atomic E-state index is 11.7. The van der Waals surface area contributed by atoms with Crippen LogP contribution in [0, 0.1) is 17.2 Å². The molecule has 2 aliphatic heterocycles. The number of nitrogens with zero attached hydrogens (tertiary/aromatic N) is 2. The number of carboxylic acid groups (broad SMARTS) is 1. The molecule has 1 amide bonds. The fourth-order valence-corrected chi connectivity index (χ4v) is 2.04. The van der Waals surface area contributed by atoms with Crippen LogP contribution < -0.4 is 34.7 Å². The molecule has 8 heteroatoms. The first-order chi connectivity index (χ1) is 7.99. The maximum absolute atomic E-state index is 11.7. The molecule has 2 rings (SSSR count). The molecule has 3 atom stereocenters. The molecule has 0 bridgehead atoms. The van der Waals surface area contributed by atoms with Gasteiger partial charge in [0.05, 0.1) is 36.0 Å². The maximum Gasteiger partial charge on any atom is 1.00 e. The minimum absolute atomic E-state index is 0. The SMILES string of the molecule is C[C@@H](O)[C@H]1C(=O)N2C(C(=O)[O-])=C(C#N)CO[C@H]12.[Na+]. The molecule has 0 saturated carbocycles. The number of β-lactam (4-membered cyclic amide) rings is 1. The van der Waals surface area contributed by atoms with E-state index in [1.165, 1.54) is 6.92 Å². The minimum Gasteiger partial charge on any atom is -0.543 e. The zero-order chi connectivity index (χ0) is 12.7. The fraction of sp³-hybridized carbons (Fsp3) is 0.500. The molecule has 0 aliphatic carbocycles. The van der Waals surface area contributed by atoms with Crippen LogP contribution in [0.1, 0.15) is 6.92 Å². The number of carboxylic acids is 1. The van der Waals surface area contributed by atoms with Gasteiger partial charge in [-0.2, -0.15) is 5.26 Å². The fourth-order valence-electron chi connectivity index (χ4n) is 2.04. The summed E-state index contributed by atoms with van der Waals surface area (Å²) in [5.41, 5.74) is -0.607. The normalized spacial score (nSPS) is 27.6. The Bertz CT molecular complexity index is 467. The van der Waals surface area contributed by atoms with Gasteiger partial charge < -0.3 is 19.7 Å².